The Morgan fingerprint density at radius 2 is 1.11 bits per heavy atom. The molecule has 426 valence electrons. The summed E-state index contributed by atoms with van der Waals surface area (Å²) in [5, 5.41) is 64.7. The molecule has 0 fully saturated rings. The number of non-ortho nitro benzene ring substituents is 1. The van der Waals surface area contributed by atoms with E-state index < -0.39 is 122 Å². The number of carboxylic acid groups (broad SMARTS) is 3. The highest BCUT2D eigenvalue weighted by atomic mass is 32.2. The van der Waals surface area contributed by atoms with Crippen LogP contribution in [0.25, 0.3) is 33.4 Å². The Hall–Kier alpha value is -9.46. The van der Waals surface area contributed by atoms with Crippen molar-refractivity contribution in [2.24, 2.45) is 4.99 Å². The van der Waals surface area contributed by atoms with Crippen LogP contribution in [-0.2, 0) is 40.3 Å². The first-order valence-corrected chi connectivity index (χ1v) is 29.1. The molecule has 8 rings (SSSR count). The van der Waals surface area contributed by atoms with Gasteiger partial charge >= 0.3 is 17.9 Å². The summed E-state index contributed by atoms with van der Waals surface area (Å²) in [6.45, 7) is 8.99. The molecule has 10 N–H and O–H groups in total. The number of hydrogen-bond acceptors (Lipinski definition) is 18. The quantitative estimate of drug-likeness (QED) is 0.0187. The van der Waals surface area contributed by atoms with Crippen LogP contribution in [0.5, 0.6) is 11.5 Å². The molecule has 30 heteroatoms. The normalized spacial score (nSPS) is 12.4. The van der Waals surface area contributed by atoms with Crippen LogP contribution in [0.2, 0.25) is 0 Å². The fourth-order valence-electron chi connectivity index (χ4n) is 9.31. The van der Waals surface area contributed by atoms with Gasteiger partial charge in [-0.1, -0.05) is 30.3 Å². The van der Waals surface area contributed by atoms with E-state index in [-0.39, 0.29) is 84.1 Å². The van der Waals surface area contributed by atoms with Crippen LogP contribution in [0.1, 0.15) is 64.5 Å². The number of carboxylic acids is 3. The number of nitro benzene ring substituents is 1. The molecule has 2 aliphatic rings. The molecule has 0 amide bonds. The molecule has 6 aromatic carbocycles. The number of aromatic hydroxyl groups is 2. The van der Waals surface area contributed by atoms with Gasteiger partial charge in [0.05, 0.1) is 32.9 Å². The van der Waals surface area contributed by atoms with Gasteiger partial charge < -0.3 is 35.3 Å². The van der Waals surface area contributed by atoms with Crippen molar-refractivity contribution in [1.82, 2.24) is 0 Å². The van der Waals surface area contributed by atoms with Crippen LogP contribution in [0.4, 0.5) is 34.1 Å². The lowest BCUT2D eigenvalue weighted by atomic mass is 9.93. The van der Waals surface area contributed by atoms with Crippen molar-refractivity contribution in [2.75, 3.05) is 14.8 Å². The number of aryl methyl sites for hydroxylation is 4. The van der Waals surface area contributed by atoms with Gasteiger partial charge in [-0.3, -0.25) is 28.7 Å². The van der Waals surface area contributed by atoms with Gasteiger partial charge in [0.2, 0.25) is 0 Å². The molecular formula is C52H43N5O21S4. The van der Waals surface area contributed by atoms with Crippen molar-refractivity contribution in [3.05, 3.63) is 157 Å². The van der Waals surface area contributed by atoms with E-state index >= 15 is 0 Å². The molecule has 0 saturated heterocycles. The number of sulfonamides is 2. The Balaban J connectivity index is 1.33. The molecule has 0 saturated carbocycles. The van der Waals surface area contributed by atoms with E-state index in [0.717, 1.165) is 18.2 Å². The molecule has 0 aromatic heterocycles. The Morgan fingerprint density at radius 3 is 1.67 bits per heavy atom. The number of fused-ring (bicyclic) bond motifs is 2. The minimum atomic E-state index is -5.32. The third kappa shape index (κ3) is 10.9. The van der Waals surface area contributed by atoms with Crippen molar-refractivity contribution in [3.8, 4) is 33.9 Å². The van der Waals surface area contributed by atoms with E-state index in [2.05, 4.69) is 19.8 Å². The summed E-state index contributed by atoms with van der Waals surface area (Å²) in [6, 6.07) is 16.4. The van der Waals surface area contributed by atoms with Crippen LogP contribution >= 0.6 is 0 Å². The zero-order chi connectivity index (χ0) is 60.6. The van der Waals surface area contributed by atoms with Gasteiger partial charge in [0, 0.05) is 57.7 Å². The van der Waals surface area contributed by atoms with Gasteiger partial charge in [-0.05, 0) is 111 Å². The maximum Gasteiger partial charge on any atom is 0.339 e. The molecule has 0 atom stereocenters. The predicted octanol–water partition coefficient (Wildman–Crippen LogP) is 8.54. The summed E-state index contributed by atoms with van der Waals surface area (Å²) >= 11 is 0. The van der Waals surface area contributed by atoms with E-state index in [1.165, 1.54) is 77.1 Å². The largest absolute Gasteiger partial charge is 0.506 e. The van der Waals surface area contributed by atoms with Crippen LogP contribution in [0, 0.1) is 51.7 Å². The van der Waals surface area contributed by atoms with Gasteiger partial charge in [-0.15, -0.1) is 0 Å². The van der Waals surface area contributed by atoms with Crippen molar-refractivity contribution >= 4 is 103 Å². The Morgan fingerprint density at radius 1 is 0.573 bits per heavy atom. The van der Waals surface area contributed by atoms with Gasteiger partial charge in [0.25, 0.3) is 46.0 Å². The first-order chi connectivity index (χ1) is 38.0. The number of benzene rings is 7. The smallest absolute Gasteiger partial charge is 0.339 e. The Kier molecular flexibility index (Phi) is 14.9. The van der Waals surface area contributed by atoms with Gasteiger partial charge in [-0.2, -0.15) is 16.8 Å². The second kappa shape index (κ2) is 20.9. The summed E-state index contributed by atoms with van der Waals surface area (Å²) in [4.78, 5) is 47.0. The van der Waals surface area contributed by atoms with E-state index in [1.54, 1.807) is 13.0 Å². The highest BCUT2D eigenvalue weighted by Gasteiger charge is 2.32. The molecular weight excluding hydrogens is 1160 g/mol. The second-order valence-electron chi connectivity index (χ2n) is 18.5. The Labute approximate surface area is 464 Å². The molecule has 1 aliphatic carbocycles. The lowest BCUT2D eigenvalue weighted by Crippen LogP contribution is -2.18. The summed E-state index contributed by atoms with van der Waals surface area (Å²) in [5.74, 6) is -8.21. The number of carbonyl (C=O) groups is 3. The monoisotopic (exact) mass is 1200 g/mol. The topological polar surface area (TPSA) is 434 Å². The number of hydrogen-bond donors (Lipinski definition) is 10. The molecule has 82 heavy (non-hydrogen) atoms. The molecule has 0 radical (unpaired) electrons. The maximum atomic E-state index is 13.9. The third-order valence-corrected chi connectivity index (χ3v) is 17.5. The fourth-order valence-corrected chi connectivity index (χ4v) is 13.3. The summed E-state index contributed by atoms with van der Waals surface area (Å²) in [6.07, 6.45) is 0. The first kappa shape index (κ1) is 58.7. The van der Waals surface area contributed by atoms with Gasteiger partial charge in [0.15, 0.2) is 11.5 Å². The second-order valence-corrected chi connectivity index (χ2v) is 24.6. The molecule has 0 unspecified atom stereocenters. The summed E-state index contributed by atoms with van der Waals surface area (Å²) < 4.78 is 141. The average molecular weight is 1200 g/mol. The molecule has 1 heterocycles. The molecule has 26 nitrogen and oxygen atoms in total. The van der Waals surface area contributed by atoms with Crippen molar-refractivity contribution < 1.29 is 92.0 Å². The fraction of sp³-hybridized carbons (Fsp3) is 0.115. The zero-order valence-corrected chi connectivity index (χ0v) is 46.3. The van der Waals surface area contributed by atoms with Crippen molar-refractivity contribution in [2.45, 2.75) is 61.1 Å². The summed E-state index contributed by atoms with van der Waals surface area (Å²) in [5.41, 5.74) is -2.81. The van der Waals surface area contributed by atoms with Crippen LogP contribution in [0.3, 0.4) is 0 Å². The van der Waals surface area contributed by atoms with Crippen LogP contribution in [-0.4, -0.2) is 91.1 Å². The standard InChI is InChI=1S/C52H43N5O21S4/c1-22-13-24(3)46(56-80(70,71)42-19-30(57(66)67)18-35(49(42)59)52(64)65)26(5)44(22)53-29-11-12-31-37(17-29)78-38-21-36(40(82(75,76)77)20-33(38)43(31)32-9-7-8-10-39(32)81(72,73)74)54-45-23(2)14-25(4)47(27(45)6)55-79(68,69)41-16-28(50(60)61)15-34(48(41)58)51(62)63/h7-21,53,55-56,58-59H,1-6H3,(H,60,61)(H,62,63)(H,64,65)(H,72,73,74)(H,75,76,77). The van der Waals surface area contributed by atoms with Gasteiger partial charge in [-0.25, -0.2) is 36.2 Å². The van der Waals surface area contributed by atoms with Crippen molar-refractivity contribution in [1.29, 1.82) is 0 Å². The minimum absolute atomic E-state index is 0.0177. The van der Waals surface area contributed by atoms with E-state index in [1.807, 2.05) is 0 Å². The van der Waals surface area contributed by atoms with Crippen LogP contribution in [0.15, 0.2) is 120 Å². The number of anilines is 4. The highest BCUT2D eigenvalue weighted by Crippen LogP contribution is 2.45. The number of nitro groups is 1. The first-order valence-electron chi connectivity index (χ1n) is 23.3. The predicted molar refractivity (Wildman–Crippen MR) is 293 cm³/mol. The Bertz CT molecular complexity index is 4690. The lowest BCUT2D eigenvalue weighted by Gasteiger charge is -2.21. The van der Waals surface area contributed by atoms with E-state index in [4.69, 9.17) is 4.42 Å². The maximum absolute atomic E-state index is 13.9. The number of aromatic carboxylic acids is 3. The SMILES string of the molecule is Cc1cc(C)c(NS(=O)(=O)c2cc(C(=O)O)cc(C(=O)O)c2O)c(C)c1N=c1cc2oc3cc(Nc4c(C)cc(C)c(NS(=O)(=O)c5cc([N+](=O)[O-])cc(C(=O)O)c5O)c4C)ccc3c(-c3ccccc3S(=O)(=O)O)c-2cc1S(=O)(=O)O. The van der Waals surface area contributed by atoms with Crippen LogP contribution < -0.4 is 20.1 Å². The molecule has 1 aliphatic heterocycles. The molecule has 0 bridgehead atoms. The van der Waals surface area contributed by atoms with E-state index in [0.29, 0.717) is 35.4 Å². The minimum Gasteiger partial charge on any atom is -0.506 e. The summed E-state index contributed by atoms with van der Waals surface area (Å²) in [7, 11) is -20.4. The van der Waals surface area contributed by atoms with Gasteiger partial charge in [0.1, 0.15) is 42.1 Å². The average Bonchev–Trinajstić information content (AvgIpc) is 1.35. The zero-order valence-electron chi connectivity index (χ0n) is 43.0. The third-order valence-electron chi connectivity index (χ3n) is 13.0. The number of rotatable bonds is 16. The molecule has 6 aromatic rings. The number of nitrogens with one attached hydrogen (secondary N) is 3. The number of phenols is 2. The highest BCUT2D eigenvalue weighted by molar-refractivity contribution is 7.93. The van der Waals surface area contributed by atoms with E-state index in [9.17, 15) is 92.8 Å². The lowest BCUT2D eigenvalue weighted by molar-refractivity contribution is -0.385. The number of nitrogens with zero attached hydrogens (tertiary/aromatic N) is 2. The molecule has 0 spiro atoms. The van der Waals surface area contributed by atoms with Crippen molar-refractivity contribution in [3.63, 3.8) is 0 Å².